The highest BCUT2D eigenvalue weighted by molar-refractivity contribution is 6.07. The highest BCUT2D eigenvalue weighted by atomic mass is 16.7. The summed E-state index contributed by atoms with van der Waals surface area (Å²) in [6.45, 7) is -0.752. The van der Waals surface area contributed by atoms with Crippen molar-refractivity contribution < 1.29 is 74.5 Å². The lowest BCUT2D eigenvalue weighted by Gasteiger charge is -2.41. The summed E-state index contributed by atoms with van der Waals surface area (Å²) < 4.78 is 22.7. The van der Waals surface area contributed by atoms with E-state index < -0.39 is 139 Å². The number of fused-ring (bicyclic) bond motifs is 4. The van der Waals surface area contributed by atoms with Crippen LogP contribution >= 0.6 is 0 Å². The molecule has 3 aromatic carbocycles. The molecule has 0 amide bonds. The van der Waals surface area contributed by atoms with Crippen LogP contribution < -0.4 is 10.9 Å². The number of rotatable bonds is 4. The van der Waals surface area contributed by atoms with Crippen molar-refractivity contribution in [3.8, 4) is 45.6 Å². The molecule has 0 saturated carbocycles. The van der Waals surface area contributed by atoms with Gasteiger partial charge in [-0.25, -0.2) is 0 Å². The molecule has 258 valence electrons. The monoisotopic (exact) mass is 684 g/mol. The lowest BCUT2D eigenvalue weighted by atomic mass is 9.89. The summed E-state index contributed by atoms with van der Waals surface area (Å²) in [6, 6.07) is 3.44. The lowest BCUT2D eigenvalue weighted by Crippen LogP contribution is -2.59. The Hall–Kier alpha value is -5.14. The highest BCUT2D eigenvalue weighted by Gasteiger charge is 2.46. The fraction of sp³-hybridized carbons (Fsp3) is 0.312. The van der Waals surface area contributed by atoms with E-state index in [1.54, 1.807) is 0 Å². The lowest BCUT2D eigenvalue weighted by molar-refractivity contribution is -0.314. The van der Waals surface area contributed by atoms with E-state index in [0.29, 0.717) is 0 Å². The van der Waals surface area contributed by atoms with Crippen LogP contribution in [-0.4, -0.2) is 93.5 Å². The second kappa shape index (κ2) is 11.5. The molecular formula is C32H28O17. The van der Waals surface area contributed by atoms with Gasteiger partial charge in [-0.2, -0.15) is 0 Å². The number of phenolic OH excluding ortho intramolecular Hbond substituents is 6. The van der Waals surface area contributed by atoms with Crippen LogP contribution in [0.5, 0.6) is 34.5 Å². The van der Waals surface area contributed by atoms with Crippen molar-refractivity contribution in [2.75, 3.05) is 6.61 Å². The van der Waals surface area contributed by atoms with Gasteiger partial charge in [0.25, 0.3) is 0 Å². The van der Waals surface area contributed by atoms with Crippen molar-refractivity contribution >= 4 is 32.9 Å². The minimum atomic E-state index is -1.83. The summed E-state index contributed by atoms with van der Waals surface area (Å²) in [5, 5.41) is 114. The first kappa shape index (κ1) is 32.4. The van der Waals surface area contributed by atoms with E-state index in [0.717, 1.165) is 24.3 Å². The summed E-state index contributed by atoms with van der Waals surface area (Å²) in [7, 11) is 0. The first-order valence-electron chi connectivity index (χ1n) is 14.8. The molecule has 1 saturated heterocycles. The first-order chi connectivity index (χ1) is 23.2. The summed E-state index contributed by atoms with van der Waals surface area (Å²) in [5.41, 5.74) is -4.89. The third kappa shape index (κ3) is 4.82. The Labute approximate surface area is 271 Å². The summed E-state index contributed by atoms with van der Waals surface area (Å²) in [6.07, 6.45) is -11.3. The highest BCUT2D eigenvalue weighted by Crippen LogP contribution is 2.50. The third-order valence-corrected chi connectivity index (χ3v) is 8.90. The SMILES string of the molecule is O=c1c2c(oc3c(-c4cc(O)c5oc6cc(O)cc(O)c6c(=O)c5c4O)c(O)cc(O)c13)C(O)CCC2O[C@@H]1O[C@H](CO)[C@@H](O)[C@H](O)[C@H]1O. The van der Waals surface area contributed by atoms with E-state index >= 15 is 0 Å². The van der Waals surface area contributed by atoms with E-state index in [2.05, 4.69) is 0 Å². The molecule has 1 aliphatic carbocycles. The predicted molar refractivity (Wildman–Crippen MR) is 163 cm³/mol. The molecule has 2 aliphatic rings. The second-order valence-corrected chi connectivity index (χ2v) is 11.9. The molecule has 1 aliphatic heterocycles. The van der Waals surface area contributed by atoms with E-state index in [1.165, 1.54) is 0 Å². The smallest absolute Gasteiger partial charge is 0.208 e. The molecule has 7 atom stereocenters. The molecule has 0 bridgehead atoms. The van der Waals surface area contributed by atoms with Gasteiger partial charge in [0.1, 0.15) is 86.8 Å². The zero-order valence-electron chi connectivity index (χ0n) is 24.8. The molecule has 17 nitrogen and oxygen atoms in total. The van der Waals surface area contributed by atoms with Gasteiger partial charge in [0, 0.05) is 23.8 Å². The van der Waals surface area contributed by atoms with Crippen LogP contribution in [0.2, 0.25) is 0 Å². The van der Waals surface area contributed by atoms with Crippen LogP contribution in [0, 0.1) is 0 Å². The minimum Gasteiger partial charge on any atom is -0.508 e. The maximum absolute atomic E-state index is 14.1. The molecule has 2 aromatic heterocycles. The standard InChI is InChI=1S/C32H28O17/c33-7-17-24(41)27(44)28(45)32(48-17)47-15-2-1-10(35)29-21(15)26(43)20-13(38)6-12(37)18(31(20)49-29)9-5-14(39)30-22(23(9)40)25(42)19-11(36)3-8(34)4-16(19)46-30/h3-6,10,15,17,24,27-28,32-41,44-45H,1-2,7H2/t10?,15?,17-,24-,27+,28-,32-/m1/s1. The Kier molecular flexibility index (Phi) is 7.60. The van der Waals surface area contributed by atoms with Crippen molar-refractivity contribution in [3.05, 3.63) is 56.0 Å². The maximum atomic E-state index is 14.1. The van der Waals surface area contributed by atoms with Crippen molar-refractivity contribution in [2.24, 2.45) is 0 Å². The molecule has 3 heterocycles. The zero-order chi connectivity index (χ0) is 35.2. The Morgan fingerprint density at radius 1 is 0.714 bits per heavy atom. The van der Waals surface area contributed by atoms with Crippen LogP contribution in [0.4, 0.5) is 0 Å². The van der Waals surface area contributed by atoms with Crippen LogP contribution in [0.25, 0.3) is 44.0 Å². The first-order valence-corrected chi connectivity index (χ1v) is 14.8. The Bertz CT molecular complexity index is 2290. The van der Waals surface area contributed by atoms with Gasteiger partial charge in [-0.3, -0.25) is 9.59 Å². The number of hydrogen-bond donors (Lipinski definition) is 11. The summed E-state index contributed by atoms with van der Waals surface area (Å²) in [5.74, 6) is -4.89. The van der Waals surface area contributed by atoms with Gasteiger partial charge >= 0.3 is 0 Å². The molecule has 2 unspecified atom stereocenters. The van der Waals surface area contributed by atoms with Crippen molar-refractivity contribution in [2.45, 2.75) is 55.8 Å². The topological polar surface area (TPSA) is 301 Å². The van der Waals surface area contributed by atoms with Gasteiger partial charge in [0.15, 0.2) is 23.2 Å². The van der Waals surface area contributed by atoms with Gasteiger partial charge < -0.3 is 74.5 Å². The molecule has 17 heteroatoms. The number of aromatic hydroxyl groups is 6. The number of aliphatic hydroxyl groups excluding tert-OH is 5. The molecule has 0 spiro atoms. The average Bonchev–Trinajstić information content (AvgIpc) is 3.04. The van der Waals surface area contributed by atoms with Crippen molar-refractivity contribution in [1.82, 2.24) is 0 Å². The summed E-state index contributed by atoms with van der Waals surface area (Å²) >= 11 is 0. The largest absolute Gasteiger partial charge is 0.508 e. The van der Waals surface area contributed by atoms with Crippen molar-refractivity contribution in [1.29, 1.82) is 0 Å². The molecule has 49 heavy (non-hydrogen) atoms. The van der Waals surface area contributed by atoms with Crippen LogP contribution in [0.15, 0.2) is 42.7 Å². The normalized spacial score (nSPS) is 25.6. The number of ether oxygens (including phenoxy) is 2. The third-order valence-electron chi connectivity index (χ3n) is 8.90. The molecule has 1 fully saturated rings. The quantitative estimate of drug-likeness (QED) is 0.0914. The predicted octanol–water partition coefficient (Wildman–Crippen LogP) is 0.638. The summed E-state index contributed by atoms with van der Waals surface area (Å²) in [4.78, 5) is 27.6. The molecular weight excluding hydrogens is 656 g/mol. The number of benzene rings is 3. The Balaban J connectivity index is 1.44. The molecule has 7 rings (SSSR count). The van der Waals surface area contributed by atoms with Crippen LogP contribution in [0.3, 0.4) is 0 Å². The van der Waals surface area contributed by atoms with E-state index in [4.69, 9.17) is 18.3 Å². The zero-order valence-corrected chi connectivity index (χ0v) is 24.8. The molecule has 5 aromatic rings. The maximum Gasteiger partial charge on any atom is 0.208 e. The van der Waals surface area contributed by atoms with Gasteiger partial charge in [-0.15, -0.1) is 0 Å². The van der Waals surface area contributed by atoms with Crippen molar-refractivity contribution in [3.63, 3.8) is 0 Å². The van der Waals surface area contributed by atoms with Gasteiger partial charge in [-0.05, 0) is 18.9 Å². The van der Waals surface area contributed by atoms with Crippen LogP contribution in [0.1, 0.15) is 36.4 Å². The van der Waals surface area contributed by atoms with Gasteiger partial charge in [0.2, 0.25) is 10.9 Å². The van der Waals surface area contributed by atoms with E-state index in [-0.39, 0.29) is 24.0 Å². The second-order valence-electron chi connectivity index (χ2n) is 11.9. The Morgan fingerprint density at radius 2 is 1.43 bits per heavy atom. The average molecular weight is 685 g/mol. The minimum absolute atomic E-state index is 0.0706. The number of hydrogen-bond acceptors (Lipinski definition) is 17. The molecule has 0 radical (unpaired) electrons. The fourth-order valence-electron chi connectivity index (χ4n) is 6.52. The van der Waals surface area contributed by atoms with E-state index in [9.17, 15) is 65.8 Å². The molecule has 11 N–H and O–H groups in total. The van der Waals surface area contributed by atoms with Gasteiger partial charge in [0.05, 0.1) is 23.8 Å². The fourth-order valence-corrected chi connectivity index (χ4v) is 6.52. The van der Waals surface area contributed by atoms with E-state index in [1.807, 2.05) is 0 Å². The number of phenols is 6. The van der Waals surface area contributed by atoms with Gasteiger partial charge in [-0.1, -0.05) is 0 Å². The Morgan fingerprint density at radius 3 is 2.14 bits per heavy atom. The van der Waals surface area contributed by atoms with Crippen LogP contribution in [-0.2, 0) is 9.47 Å². The number of aliphatic hydroxyl groups is 5.